The van der Waals surface area contributed by atoms with Gasteiger partial charge in [0, 0.05) is 30.1 Å². The van der Waals surface area contributed by atoms with Gasteiger partial charge in [0.05, 0.1) is 26.5 Å². The molecule has 2 amide bonds. The largest absolute Gasteiger partial charge is 0.573 e. The van der Waals surface area contributed by atoms with Gasteiger partial charge >= 0.3 is 12.5 Å². The lowest BCUT2D eigenvalue weighted by Gasteiger charge is -2.39. The molecule has 0 fully saturated rings. The Bertz CT molecular complexity index is 1060. The van der Waals surface area contributed by atoms with Crippen LogP contribution in [0, 0.1) is 0 Å². The summed E-state index contributed by atoms with van der Waals surface area (Å²) < 4.78 is 56.9. The first kappa shape index (κ1) is 26.0. The number of carbonyl (C=O) groups is 2. The quantitative estimate of drug-likeness (QED) is 0.589. The molecule has 190 valence electrons. The fourth-order valence-electron chi connectivity index (χ4n) is 4.09. The van der Waals surface area contributed by atoms with Crippen LogP contribution in [0.4, 0.5) is 23.7 Å². The van der Waals surface area contributed by atoms with E-state index in [-0.39, 0.29) is 30.7 Å². The molecule has 0 spiro atoms. The average Bonchev–Trinajstić information content (AvgIpc) is 2.81. The average molecular weight is 496 g/mol. The van der Waals surface area contributed by atoms with Crippen molar-refractivity contribution in [2.45, 2.75) is 38.6 Å². The summed E-state index contributed by atoms with van der Waals surface area (Å²) >= 11 is 0. The molecule has 8 nitrogen and oxygen atoms in total. The van der Waals surface area contributed by atoms with E-state index in [1.165, 1.54) is 26.4 Å². The minimum Gasteiger partial charge on any atom is -0.493 e. The zero-order valence-corrected chi connectivity index (χ0v) is 19.8. The normalized spacial score (nSPS) is 17.3. The fraction of sp³-hybridized carbons (Fsp3) is 0.417. The molecule has 0 bridgehead atoms. The minimum absolute atomic E-state index is 0.178. The lowest BCUT2D eigenvalue weighted by atomic mass is 9.85. The first-order chi connectivity index (χ1) is 16.6. The van der Waals surface area contributed by atoms with Crippen molar-refractivity contribution in [1.29, 1.82) is 0 Å². The predicted molar refractivity (Wildman–Crippen MR) is 121 cm³/mol. The second kappa shape index (κ2) is 10.7. The zero-order valence-electron chi connectivity index (χ0n) is 19.8. The lowest BCUT2D eigenvalue weighted by molar-refractivity contribution is -0.274. The number of alkyl halides is 3. The van der Waals surface area contributed by atoms with Crippen molar-refractivity contribution in [2.24, 2.45) is 0 Å². The van der Waals surface area contributed by atoms with Crippen molar-refractivity contribution >= 4 is 17.7 Å². The van der Waals surface area contributed by atoms with Gasteiger partial charge in [0.1, 0.15) is 5.75 Å². The van der Waals surface area contributed by atoms with Crippen LogP contribution >= 0.6 is 0 Å². The van der Waals surface area contributed by atoms with Crippen LogP contribution in [0.15, 0.2) is 36.4 Å². The molecule has 35 heavy (non-hydrogen) atoms. The number of amides is 2. The number of nitrogens with one attached hydrogen (secondary N) is 1. The number of carbonyl (C=O) groups excluding carboxylic acids is 2. The second-order valence-corrected chi connectivity index (χ2v) is 7.90. The van der Waals surface area contributed by atoms with Gasteiger partial charge in [-0.15, -0.1) is 13.2 Å². The van der Waals surface area contributed by atoms with Gasteiger partial charge in [0.15, 0.2) is 11.5 Å². The van der Waals surface area contributed by atoms with Gasteiger partial charge in [-0.2, -0.15) is 0 Å². The molecule has 0 radical (unpaired) electrons. The zero-order chi connectivity index (χ0) is 25.8. The van der Waals surface area contributed by atoms with E-state index in [1.807, 2.05) is 6.92 Å². The number of anilines is 1. The van der Waals surface area contributed by atoms with E-state index in [1.54, 1.807) is 24.0 Å². The maximum Gasteiger partial charge on any atom is 0.573 e. The molecular weight excluding hydrogens is 469 g/mol. The molecule has 0 aliphatic carbocycles. The van der Waals surface area contributed by atoms with Crippen LogP contribution in [0.2, 0.25) is 0 Å². The Labute approximate surface area is 200 Å². The van der Waals surface area contributed by atoms with Gasteiger partial charge in [-0.1, -0.05) is 0 Å². The van der Waals surface area contributed by atoms with Crippen LogP contribution in [0.1, 0.15) is 42.1 Å². The number of nitrogens with zero attached hydrogens (tertiary/aromatic N) is 1. The number of hydrogen-bond donors (Lipinski definition) is 1. The smallest absolute Gasteiger partial charge is 0.493 e. The number of fused-ring (bicyclic) bond motifs is 1. The molecule has 0 saturated carbocycles. The van der Waals surface area contributed by atoms with E-state index in [2.05, 4.69) is 10.1 Å². The van der Waals surface area contributed by atoms with Crippen molar-refractivity contribution < 1.29 is 41.7 Å². The van der Waals surface area contributed by atoms with Gasteiger partial charge in [0.2, 0.25) is 0 Å². The molecule has 11 heteroatoms. The number of halogens is 3. The molecule has 1 aliphatic heterocycles. The Hall–Kier alpha value is -3.63. The van der Waals surface area contributed by atoms with Crippen LogP contribution < -0.4 is 24.4 Å². The van der Waals surface area contributed by atoms with E-state index in [0.717, 1.165) is 17.7 Å². The highest BCUT2D eigenvalue weighted by Gasteiger charge is 2.36. The van der Waals surface area contributed by atoms with Crippen molar-refractivity contribution in [1.82, 2.24) is 5.32 Å². The summed E-state index contributed by atoms with van der Waals surface area (Å²) in [4.78, 5) is 26.9. The van der Waals surface area contributed by atoms with Gasteiger partial charge in [-0.05, 0) is 56.2 Å². The molecule has 2 unspecified atom stereocenters. The molecule has 2 aromatic rings. The lowest BCUT2D eigenvalue weighted by Crippen LogP contribution is -2.45. The molecule has 1 N–H and O–H groups in total. The number of methoxy groups -OCH3 is 2. The highest BCUT2D eigenvalue weighted by Crippen LogP contribution is 2.44. The van der Waals surface area contributed by atoms with Crippen molar-refractivity contribution in [2.75, 3.05) is 32.3 Å². The number of ether oxygens (including phenoxy) is 4. The monoisotopic (exact) mass is 496 g/mol. The Morgan fingerprint density at radius 3 is 2.29 bits per heavy atom. The molecule has 3 rings (SSSR count). The highest BCUT2D eigenvalue weighted by molar-refractivity contribution is 5.94. The molecule has 2 aromatic carbocycles. The number of hydrogen-bond acceptors (Lipinski definition) is 6. The molecule has 0 aromatic heterocycles. The van der Waals surface area contributed by atoms with E-state index in [4.69, 9.17) is 14.2 Å². The molecule has 2 atom stereocenters. The summed E-state index contributed by atoms with van der Waals surface area (Å²) in [6.07, 6.45) is -4.77. The second-order valence-electron chi connectivity index (χ2n) is 7.90. The van der Waals surface area contributed by atoms with Crippen LogP contribution in [0.5, 0.6) is 17.2 Å². The predicted octanol–water partition coefficient (Wildman–Crippen LogP) is 4.87. The maximum absolute atomic E-state index is 12.7. The summed E-state index contributed by atoms with van der Waals surface area (Å²) in [6, 6.07) is 7.90. The van der Waals surface area contributed by atoms with E-state index < -0.39 is 24.1 Å². The van der Waals surface area contributed by atoms with Gasteiger partial charge in [-0.25, -0.2) is 4.79 Å². The number of benzene rings is 2. The maximum atomic E-state index is 12.7. The molecule has 1 heterocycles. The van der Waals surface area contributed by atoms with E-state index in [0.29, 0.717) is 23.6 Å². The first-order valence-electron chi connectivity index (χ1n) is 10.9. The first-order valence-corrected chi connectivity index (χ1v) is 10.9. The standard InChI is InChI=1S/C24H27F3N2O6/c1-5-34-23(31)29-14(2)10-16(18-11-20(32-3)21(33-4)12-19(18)29)13-28-22(30)15-6-8-17(9-7-15)35-24(25,26)27/h6-9,11-12,14,16H,5,10,13H2,1-4H3,(H,28,30). The van der Waals surface area contributed by atoms with Crippen LogP contribution in [0.25, 0.3) is 0 Å². The third-order valence-electron chi connectivity index (χ3n) is 5.62. The summed E-state index contributed by atoms with van der Waals surface area (Å²) in [6.45, 7) is 4.05. The van der Waals surface area contributed by atoms with Crippen molar-refractivity contribution in [3.63, 3.8) is 0 Å². The van der Waals surface area contributed by atoms with Gasteiger partial charge in [0.25, 0.3) is 5.91 Å². The van der Waals surface area contributed by atoms with Crippen molar-refractivity contribution in [3.8, 4) is 17.2 Å². The SMILES string of the molecule is CCOC(=O)N1c2cc(OC)c(OC)cc2C(CNC(=O)c2ccc(OC(F)(F)F)cc2)CC1C. The topological polar surface area (TPSA) is 86.3 Å². The van der Waals surface area contributed by atoms with Gasteiger partial charge < -0.3 is 24.3 Å². The summed E-state index contributed by atoms with van der Waals surface area (Å²) in [7, 11) is 3.00. The van der Waals surface area contributed by atoms with Crippen LogP contribution in [-0.2, 0) is 4.74 Å². The summed E-state index contributed by atoms with van der Waals surface area (Å²) in [5.41, 5.74) is 1.54. The van der Waals surface area contributed by atoms with Gasteiger partial charge in [-0.3, -0.25) is 9.69 Å². The van der Waals surface area contributed by atoms with Crippen LogP contribution in [0.3, 0.4) is 0 Å². The summed E-state index contributed by atoms with van der Waals surface area (Å²) in [5.74, 6) is -0.127. The Morgan fingerprint density at radius 2 is 1.71 bits per heavy atom. The fourth-order valence-corrected chi connectivity index (χ4v) is 4.09. The Kier molecular flexibility index (Phi) is 7.98. The Balaban J connectivity index is 1.82. The molecule has 1 aliphatic rings. The number of rotatable bonds is 7. The van der Waals surface area contributed by atoms with Crippen molar-refractivity contribution in [3.05, 3.63) is 47.5 Å². The highest BCUT2D eigenvalue weighted by atomic mass is 19.4. The minimum atomic E-state index is -4.81. The molecular formula is C24H27F3N2O6. The Morgan fingerprint density at radius 1 is 1.09 bits per heavy atom. The third-order valence-corrected chi connectivity index (χ3v) is 5.62. The van der Waals surface area contributed by atoms with E-state index in [9.17, 15) is 22.8 Å². The van der Waals surface area contributed by atoms with Crippen LogP contribution in [-0.4, -0.2) is 51.8 Å². The van der Waals surface area contributed by atoms with E-state index >= 15 is 0 Å². The summed E-state index contributed by atoms with van der Waals surface area (Å²) in [5, 5.41) is 2.82. The molecule has 0 saturated heterocycles. The third kappa shape index (κ3) is 6.09.